The number of aliphatic hydroxyl groups is 4. The minimum Gasteiger partial charge on any atom is -0.395 e. The van der Waals surface area contributed by atoms with Crippen LogP contribution in [0.15, 0.2) is 59.5 Å². The van der Waals surface area contributed by atoms with E-state index in [0.29, 0.717) is 12.2 Å². The summed E-state index contributed by atoms with van der Waals surface area (Å²) in [4.78, 5) is 1.85. The van der Waals surface area contributed by atoms with E-state index < -0.39 is 34.4 Å². The van der Waals surface area contributed by atoms with Gasteiger partial charge in [0.1, 0.15) is 12.2 Å². The van der Waals surface area contributed by atoms with Gasteiger partial charge in [-0.05, 0) is 29.8 Å². The normalized spacial score (nSPS) is 26.1. The molecule has 0 bridgehead atoms. The summed E-state index contributed by atoms with van der Waals surface area (Å²) < 4.78 is 27.2. The maximum atomic E-state index is 12.4. The fraction of sp³-hybridized carbons (Fsp3) is 0.368. The number of β-amino-alcohol motifs (C(OH)–C–C–N with tert-alkyl or cyclic N) is 1. The number of aliphatic hydroxyl groups excluding tert-OH is 4. The highest BCUT2D eigenvalue weighted by atomic mass is 32.2. The number of rotatable bonds is 6. The Kier molecular flexibility index (Phi) is 6.33. The average Bonchev–Trinajstić information content (AvgIpc) is 2.68. The fourth-order valence-electron chi connectivity index (χ4n) is 3.29. The van der Waals surface area contributed by atoms with Crippen LogP contribution >= 0.6 is 0 Å². The third-order valence-corrected chi connectivity index (χ3v) is 6.26. The topological polar surface area (TPSA) is 130 Å². The molecule has 152 valence electrons. The van der Waals surface area contributed by atoms with Crippen molar-refractivity contribution < 1.29 is 28.8 Å². The minimum atomic E-state index is -3.67. The standard InChI is InChI=1S/C19H24N2O6S/c22-12-16-18(24)19(25)17(23)11-21(16)10-13-6-8-14(9-7-13)20-28(26,27)15-4-2-1-3-5-15/h1-9,16-20,22-25H,10-12H2/t16-,17-,18+,19+/m0/s1. The van der Waals surface area contributed by atoms with E-state index in [9.17, 15) is 28.8 Å². The second-order valence-electron chi connectivity index (χ2n) is 6.84. The molecule has 3 rings (SSSR count). The number of anilines is 1. The van der Waals surface area contributed by atoms with E-state index >= 15 is 0 Å². The first-order chi connectivity index (χ1) is 13.3. The van der Waals surface area contributed by atoms with Gasteiger partial charge in [-0.15, -0.1) is 0 Å². The Hall–Kier alpha value is -2.01. The molecule has 0 spiro atoms. The lowest BCUT2D eigenvalue weighted by atomic mass is 9.94. The zero-order valence-corrected chi connectivity index (χ0v) is 15.9. The maximum absolute atomic E-state index is 12.4. The SMILES string of the molecule is O=S(=O)(Nc1ccc(CN2C[C@H](O)[C@@H](O)[C@H](O)[C@@H]2CO)cc1)c1ccccc1. The van der Waals surface area contributed by atoms with E-state index in [0.717, 1.165) is 5.56 Å². The van der Waals surface area contributed by atoms with Crippen molar-refractivity contribution in [2.75, 3.05) is 17.9 Å². The van der Waals surface area contributed by atoms with Crippen molar-refractivity contribution in [3.05, 3.63) is 60.2 Å². The zero-order chi connectivity index (χ0) is 20.3. The predicted molar refractivity (Wildman–Crippen MR) is 103 cm³/mol. The van der Waals surface area contributed by atoms with E-state index in [4.69, 9.17) is 0 Å². The number of nitrogens with zero attached hydrogens (tertiary/aromatic N) is 1. The van der Waals surface area contributed by atoms with Crippen LogP contribution in [-0.2, 0) is 16.6 Å². The summed E-state index contributed by atoms with van der Waals surface area (Å²) in [7, 11) is -3.67. The van der Waals surface area contributed by atoms with Gasteiger partial charge < -0.3 is 20.4 Å². The summed E-state index contributed by atoms with van der Waals surface area (Å²) in [6.45, 7) is 0.0591. The molecule has 2 aromatic rings. The minimum absolute atomic E-state index is 0.103. The molecule has 0 unspecified atom stereocenters. The van der Waals surface area contributed by atoms with Gasteiger partial charge in [-0.2, -0.15) is 0 Å². The van der Waals surface area contributed by atoms with E-state index in [2.05, 4.69) is 4.72 Å². The van der Waals surface area contributed by atoms with Gasteiger partial charge in [0.15, 0.2) is 0 Å². The molecule has 0 saturated carbocycles. The van der Waals surface area contributed by atoms with Crippen LogP contribution in [-0.4, -0.2) is 71.2 Å². The quantitative estimate of drug-likeness (QED) is 0.445. The molecule has 1 aliphatic rings. The number of piperidine rings is 1. The maximum Gasteiger partial charge on any atom is 0.261 e. The Balaban J connectivity index is 1.69. The number of likely N-dealkylation sites (tertiary alicyclic amines) is 1. The fourth-order valence-corrected chi connectivity index (χ4v) is 4.37. The zero-order valence-electron chi connectivity index (χ0n) is 15.1. The third-order valence-electron chi connectivity index (χ3n) is 4.86. The van der Waals surface area contributed by atoms with Gasteiger partial charge in [0, 0.05) is 18.8 Å². The van der Waals surface area contributed by atoms with Crippen molar-refractivity contribution in [2.24, 2.45) is 0 Å². The number of hydrogen-bond donors (Lipinski definition) is 5. The third kappa shape index (κ3) is 4.52. The molecule has 28 heavy (non-hydrogen) atoms. The smallest absolute Gasteiger partial charge is 0.261 e. The predicted octanol–water partition coefficient (Wildman–Crippen LogP) is -0.253. The summed E-state index contributed by atoms with van der Waals surface area (Å²) in [5.74, 6) is 0. The average molecular weight is 408 g/mol. The molecule has 0 amide bonds. The number of sulfonamides is 1. The summed E-state index contributed by atoms with van der Waals surface area (Å²) in [6, 6.07) is 14.0. The Morgan fingerprint density at radius 2 is 1.61 bits per heavy atom. The highest BCUT2D eigenvalue weighted by molar-refractivity contribution is 7.92. The Labute approximate surface area is 163 Å². The van der Waals surface area contributed by atoms with Gasteiger partial charge >= 0.3 is 0 Å². The molecule has 9 heteroatoms. The summed E-state index contributed by atoms with van der Waals surface area (Å²) >= 11 is 0. The second kappa shape index (κ2) is 8.56. The summed E-state index contributed by atoms with van der Waals surface area (Å²) in [6.07, 6.45) is -3.68. The van der Waals surface area contributed by atoms with E-state index in [1.54, 1.807) is 47.4 Å². The van der Waals surface area contributed by atoms with E-state index in [1.807, 2.05) is 0 Å². The van der Waals surface area contributed by atoms with Crippen LogP contribution in [0.3, 0.4) is 0 Å². The first kappa shape index (κ1) is 20.7. The molecule has 0 radical (unpaired) electrons. The Morgan fingerprint density at radius 1 is 0.964 bits per heavy atom. The van der Waals surface area contributed by atoms with Crippen molar-refractivity contribution in [3.63, 3.8) is 0 Å². The highest BCUT2D eigenvalue weighted by Gasteiger charge is 2.40. The molecule has 2 aromatic carbocycles. The van der Waals surface area contributed by atoms with Crippen LogP contribution in [0.5, 0.6) is 0 Å². The van der Waals surface area contributed by atoms with Gasteiger partial charge in [-0.25, -0.2) is 8.42 Å². The lowest BCUT2D eigenvalue weighted by Crippen LogP contribution is -2.62. The highest BCUT2D eigenvalue weighted by Crippen LogP contribution is 2.22. The summed E-state index contributed by atoms with van der Waals surface area (Å²) in [5, 5.41) is 39.2. The lowest BCUT2D eigenvalue weighted by Gasteiger charge is -2.43. The monoisotopic (exact) mass is 408 g/mol. The molecular weight excluding hydrogens is 384 g/mol. The first-order valence-corrected chi connectivity index (χ1v) is 10.4. The molecule has 8 nitrogen and oxygen atoms in total. The van der Waals surface area contributed by atoms with E-state index in [-0.39, 0.29) is 18.0 Å². The molecule has 0 aromatic heterocycles. The van der Waals surface area contributed by atoms with Gasteiger partial charge in [0.25, 0.3) is 10.0 Å². The molecular formula is C19H24N2O6S. The van der Waals surface area contributed by atoms with Crippen LogP contribution in [0, 0.1) is 0 Å². The molecule has 1 fully saturated rings. The van der Waals surface area contributed by atoms with Crippen molar-refractivity contribution >= 4 is 15.7 Å². The molecule has 1 heterocycles. The summed E-state index contributed by atoms with van der Waals surface area (Å²) in [5.41, 5.74) is 1.21. The van der Waals surface area contributed by atoms with Gasteiger partial charge in [-0.1, -0.05) is 30.3 Å². The number of benzene rings is 2. The molecule has 0 aliphatic carbocycles. The molecule has 1 saturated heterocycles. The molecule has 4 atom stereocenters. The first-order valence-electron chi connectivity index (χ1n) is 8.88. The van der Waals surface area contributed by atoms with Crippen molar-refractivity contribution in [1.82, 2.24) is 4.90 Å². The van der Waals surface area contributed by atoms with Crippen molar-refractivity contribution in [3.8, 4) is 0 Å². The van der Waals surface area contributed by atoms with Crippen LogP contribution in [0.1, 0.15) is 5.56 Å². The van der Waals surface area contributed by atoms with Gasteiger partial charge in [-0.3, -0.25) is 9.62 Å². The van der Waals surface area contributed by atoms with Crippen molar-refractivity contribution in [1.29, 1.82) is 0 Å². The van der Waals surface area contributed by atoms with Crippen LogP contribution in [0.25, 0.3) is 0 Å². The van der Waals surface area contributed by atoms with Gasteiger partial charge in [0.2, 0.25) is 0 Å². The van der Waals surface area contributed by atoms with Crippen LogP contribution in [0.4, 0.5) is 5.69 Å². The number of hydrogen-bond acceptors (Lipinski definition) is 7. The van der Waals surface area contributed by atoms with Crippen LogP contribution < -0.4 is 4.72 Å². The van der Waals surface area contributed by atoms with Gasteiger partial charge in [0.05, 0.1) is 23.6 Å². The Morgan fingerprint density at radius 3 is 2.21 bits per heavy atom. The largest absolute Gasteiger partial charge is 0.395 e. The Bertz CT molecular complexity index is 875. The van der Waals surface area contributed by atoms with Crippen molar-refractivity contribution in [2.45, 2.75) is 35.8 Å². The molecule has 5 N–H and O–H groups in total. The van der Waals surface area contributed by atoms with Crippen LogP contribution in [0.2, 0.25) is 0 Å². The number of nitrogens with one attached hydrogen (secondary N) is 1. The molecule has 1 aliphatic heterocycles. The van der Waals surface area contributed by atoms with E-state index in [1.165, 1.54) is 12.1 Å². The lowest BCUT2D eigenvalue weighted by molar-refractivity contribution is -0.147. The second-order valence-corrected chi connectivity index (χ2v) is 8.53.